The van der Waals surface area contributed by atoms with E-state index in [9.17, 15) is 9.59 Å². The normalized spacial score (nSPS) is 14.4. The summed E-state index contributed by atoms with van der Waals surface area (Å²) in [5.41, 5.74) is 9.31. The fraction of sp³-hybridized carbons (Fsp3) is 0.316. The van der Waals surface area contributed by atoms with Gasteiger partial charge in [-0.3, -0.25) is 4.79 Å². The molecule has 1 aliphatic carbocycles. The summed E-state index contributed by atoms with van der Waals surface area (Å²) in [5, 5.41) is 9.94. The summed E-state index contributed by atoms with van der Waals surface area (Å²) >= 11 is 0. The van der Waals surface area contributed by atoms with E-state index < -0.39 is 18.4 Å². The maximum atomic E-state index is 12.2. The standard InChI is InChI=1S/C19H19N3O3/c1-11(21)15(9-20)18(23)10-25-19(24)12-6-7-17-14(8-12)13-4-2-3-5-16(13)22-17/h6-8,22H,2-5,10,21H2,1H3/b15-11-. The zero-order valence-electron chi connectivity index (χ0n) is 14.0. The number of carbonyl (C=O) groups excluding carboxylic acids is 2. The summed E-state index contributed by atoms with van der Waals surface area (Å²) in [7, 11) is 0. The first-order valence-corrected chi connectivity index (χ1v) is 8.21. The number of nitrogens with zero attached hydrogens (tertiary/aromatic N) is 1. The van der Waals surface area contributed by atoms with Gasteiger partial charge in [-0.05, 0) is 56.4 Å². The first-order chi connectivity index (χ1) is 12.0. The van der Waals surface area contributed by atoms with E-state index in [1.165, 1.54) is 24.6 Å². The number of nitriles is 1. The van der Waals surface area contributed by atoms with Gasteiger partial charge in [0.2, 0.25) is 5.78 Å². The number of ether oxygens (including phenoxy) is 1. The van der Waals surface area contributed by atoms with Crippen molar-refractivity contribution in [3.8, 4) is 6.07 Å². The van der Waals surface area contributed by atoms with Crippen LogP contribution in [0.4, 0.5) is 0 Å². The van der Waals surface area contributed by atoms with Gasteiger partial charge in [0, 0.05) is 22.3 Å². The molecular formula is C19H19N3O3. The summed E-state index contributed by atoms with van der Waals surface area (Å²) < 4.78 is 5.05. The molecule has 25 heavy (non-hydrogen) atoms. The van der Waals surface area contributed by atoms with Crippen molar-refractivity contribution in [1.82, 2.24) is 4.98 Å². The number of nitrogens with two attached hydrogens (primary N) is 1. The first-order valence-electron chi connectivity index (χ1n) is 8.21. The monoisotopic (exact) mass is 337 g/mol. The average molecular weight is 337 g/mol. The highest BCUT2D eigenvalue weighted by Crippen LogP contribution is 2.29. The highest BCUT2D eigenvalue weighted by Gasteiger charge is 2.19. The number of esters is 1. The molecule has 6 nitrogen and oxygen atoms in total. The number of aromatic nitrogens is 1. The Kier molecular flexibility index (Phi) is 4.57. The van der Waals surface area contributed by atoms with E-state index in [0.29, 0.717) is 5.56 Å². The van der Waals surface area contributed by atoms with Crippen molar-refractivity contribution >= 4 is 22.7 Å². The Labute approximate surface area is 145 Å². The van der Waals surface area contributed by atoms with E-state index in [2.05, 4.69) is 4.98 Å². The Balaban J connectivity index is 1.78. The summed E-state index contributed by atoms with van der Waals surface area (Å²) in [6.45, 7) is 0.959. The molecule has 2 aromatic rings. The number of aryl methyl sites for hydroxylation is 2. The fourth-order valence-corrected chi connectivity index (χ4v) is 3.19. The summed E-state index contributed by atoms with van der Waals surface area (Å²) in [6, 6.07) is 7.06. The Morgan fingerprint density at radius 2 is 2.08 bits per heavy atom. The predicted octanol–water partition coefficient (Wildman–Crippen LogP) is 2.53. The van der Waals surface area contributed by atoms with Crippen molar-refractivity contribution in [3.63, 3.8) is 0 Å². The second-order valence-corrected chi connectivity index (χ2v) is 6.22. The minimum absolute atomic E-state index is 0.115. The van der Waals surface area contributed by atoms with Crippen LogP contribution in [0.5, 0.6) is 0 Å². The van der Waals surface area contributed by atoms with Gasteiger partial charge in [-0.1, -0.05) is 0 Å². The highest BCUT2D eigenvalue weighted by molar-refractivity contribution is 6.02. The van der Waals surface area contributed by atoms with Crippen molar-refractivity contribution in [1.29, 1.82) is 5.26 Å². The van der Waals surface area contributed by atoms with Gasteiger partial charge in [0.15, 0.2) is 6.61 Å². The number of aromatic amines is 1. The number of benzene rings is 1. The van der Waals surface area contributed by atoms with Crippen LogP contribution in [0.25, 0.3) is 10.9 Å². The van der Waals surface area contributed by atoms with Gasteiger partial charge < -0.3 is 15.5 Å². The first kappa shape index (κ1) is 16.8. The molecule has 0 fully saturated rings. The van der Waals surface area contributed by atoms with Gasteiger partial charge in [-0.15, -0.1) is 0 Å². The molecule has 6 heteroatoms. The lowest BCUT2D eigenvalue weighted by molar-refractivity contribution is -0.118. The third kappa shape index (κ3) is 3.26. The summed E-state index contributed by atoms with van der Waals surface area (Å²) in [5.74, 6) is -1.19. The van der Waals surface area contributed by atoms with Crippen LogP contribution in [0.15, 0.2) is 29.5 Å². The number of nitrogens with one attached hydrogen (secondary N) is 1. The average Bonchev–Trinajstić information content (AvgIpc) is 2.97. The van der Waals surface area contributed by atoms with Crippen molar-refractivity contribution < 1.29 is 14.3 Å². The lowest BCUT2D eigenvalue weighted by atomic mass is 9.95. The van der Waals surface area contributed by atoms with Crippen LogP contribution in [0.1, 0.15) is 41.4 Å². The Hall–Kier alpha value is -3.07. The number of hydrogen-bond acceptors (Lipinski definition) is 5. The molecular weight excluding hydrogens is 318 g/mol. The third-order valence-electron chi connectivity index (χ3n) is 4.45. The molecule has 0 amide bonds. The van der Waals surface area contributed by atoms with Crippen LogP contribution in [0.3, 0.4) is 0 Å². The molecule has 1 heterocycles. The van der Waals surface area contributed by atoms with Crippen molar-refractivity contribution in [2.75, 3.05) is 6.61 Å². The quantitative estimate of drug-likeness (QED) is 0.506. The zero-order valence-corrected chi connectivity index (χ0v) is 14.0. The van der Waals surface area contributed by atoms with Gasteiger partial charge in [-0.2, -0.15) is 5.26 Å². The van der Waals surface area contributed by atoms with Crippen LogP contribution >= 0.6 is 0 Å². The SMILES string of the molecule is C/C(N)=C(\C#N)C(=O)COC(=O)c1ccc2[nH]c3c(c2c1)CCCC3. The minimum Gasteiger partial charge on any atom is -0.454 e. The van der Waals surface area contributed by atoms with Gasteiger partial charge in [0.25, 0.3) is 0 Å². The maximum absolute atomic E-state index is 12.2. The molecule has 0 bridgehead atoms. The van der Waals surface area contributed by atoms with Crippen molar-refractivity contribution in [2.24, 2.45) is 5.73 Å². The molecule has 0 unspecified atom stereocenters. The molecule has 128 valence electrons. The van der Waals surface area contributed by atoms with Crippen molar-refractivity contribution in [2.45, 2.75) is 32.6 Å². The smallest absolute Gasteiger partial charge is 0.338 e. The second-order valence-electron chi connectivity index (χ2n) is 6.22. The topological polar surface area (TPSA) is 109 Å². The molecule has 0 saturated carbocycles. The van der Waals surface area contributed by atoms with E-state index in [1.807, 2.05) is 6.07 Å². The molecule has 0 saturated heterocycles. The van der Waals surface area contributed by atoms with Crippen LogP contribution in [-0.4, -0.2) is 23.3 Å². The van der Waals surface area contributed by atoms with Crippen LogP contribution in [0, 0.1) is 11.3 Å². The molecule has 0 atom stereocenters. The highest BCUT2D eigenvalue weighted by atomic mass is 16.5. The van der Waals surface area contributed by atoms with E-state index >= 15 is 0 Å². The van der Waals surface area contributed by atoms with Gasteiger partial charge in [-0.25, -0.2) is 4.79 Å². The number of H-pyrrole nitrogens is 1. The Morgan fingerprint density at radius 3 is 2.80 bits per heavy atom. The number of allylic oxidation sites excluding steroid dienone is 1. The van der Waals surface area contributed by atoms with E-state index in [4.69, 9.17) is 15.7 Å². The Bertz CT molecular complexity index is 927. The fourth-order valence-electron chi connectivity index (χ4n) is 3.19. The van der Waals surface area contributed by atoms with Crippen LogP contribution in [-0.2, 0) is 22.4 Å². The molecule has 0 spiro atoms. The van der Waals surface area contributed by atoms with Gasteiger partial charge in [0.05, 0.1) is 5.56 Å². The third-order valence-corrected chi connectivity index (χ3v) is 4.45. The summed E-state index contributed by atoms with van der Waals surface area (Å²) in [6.07, 6.45) is 4.34. The van der Waals surface area contributed by atoms with Gasteiger partial charge >= 0.3 is 5.97 Å². The van der Waals surface area contributed by atoms with E-state index in [-0.39, 0.29) is 11.3 Å². The van der Waals surface area contributed by atoms with Crippen molar-refractivity contribution in [3.05, 3.63) is 46.3 Å². The molecule has 1 aromatic heterocycles. The molecule has 3 N–H and O–H groups in total. The molecule has 0 radical (unpaired) electrons. The predicted molar refractivity (Wildman–Crippen MR) is 92.7 cm³/mol. The lowest BCUT2D eigenvalue weighted by Gasteiger charge is -2.10. The Morgan fingerprint density at radius 1 is 1.32 bits per heavy atom. The number of Topliss-reactive ketones (excluding diaryl/α,β-unsaturated/α-hetero) is 1. The lowest BCUT2D eigenvalue weighted by Crippen LogP contribution is -2.17. The number of carbonyl (C=O) groups is 2. The van der Waals surface area contributed by atoms with E-state index in [1.54, 1.807) is 18.2 Å². The van der Waals surface area contributed by atoms with Crippen LogP contribution in [0.2, 0.25) is 0 Å². The number of ketones is 1. The second kappa shape index (κ2) is 6.81. The summed E-state index contributed by atoms with van der Waals surface area (Å²) in [4.78, 5) is 27.5. The molecule has 3 rings (SSSR count). The largest absolute Gasteiger partial charge is 0.454 e. The maximum Gasteiger partial charge on any atom is 0.338 e. The number of hydrogen-bond donors (Lipinski definition) is 2. The van der Waals surface area contributed by atoms with Crippen LogP contribution < -0.4 is 5.73 Å². The molecule has 0 aliphatic heterocycles. The molecule has 1 aromatic carbocycles. The minimum atomic E-state index is -0.601. The van der Waals surface area contributed by atoms with Gasteiger partial charge in [0.1, 0.15) is 11.6 Å². The zero-order chi connectivity index (χ0) is 18.0. The number of rotatable bonds is 4. The van der Waals surface area contributed by atoms with E-state index in [0.717, 1.165) is 30.2 Å². The molecule has 1 aliphatic rings. The number of fused-ring (bicyclic) bond motifs is 3.